The SMILES string of the molecule is Nc1cc(-c2nc(-c3cccnc3)no2)ccc1Cl. The van der Waals surface area contributed by atoms with E-state index in [1.54, 1.807) is 30.6 Å². The molecule has 2 aromatic heterocycles. The van der Waals surface area contributed by atoms with E-state index in [0.717, 1.165) is 11.1 Å². The average molecular weight is 273 g/mol. The molecule has 19 heavy (non-hydrogen) atoms. The minimum Gasteiger partial charge on any atom is -0.398 e. The fourth-order valence-electron chi connectivity index (χ4n) is 1.63. The van der Waals surface area contributed by atoms with Crippen LogP contribution >= 0.6 is 11.6 Å². The van der Waals surface area contributed by atoms with Gasteiger partial charge in [-0.2, -0.15) is 4.98 Å². The Bertz CT molecular complexity index is 712. The summed E-state index contributed by atoms with van der Waals surface area (Å²) in [5.41, 5.74) is 7.73. The summed E-state index contributed by atoms with van der Waals surface area (Å²) in [6.45, 7) is 0. The molecule has 1 aromatic carbocycles. The van der Waals surface area contributed by atoms with Crippen LogP contribution < -0.4 is 5.73 Å². The molecule has 0 fully saturated rings. The molecule has 3 rings (SSSR count). The molecule has 5 nitrogen and oxygen atoms in total. The van der Waals surface area contributed by atoms with E-state index in [-0.39, 0.29) is 0 Å². The van der Waals surface area contributed by atoms with Gasteiger partial charge < -0.3 is 10.3 Å². The molecule has 0 saturated heterocycles. The van der Waals surface area contributed by atoms with Crippen molar-refractivity contribution in [2.45, 2.75) is 0 Å². The van der Waals surface area contributed by atoms with Gasteiger partial charge in [0, 0.05) is 23.5 Å². The Balaban J connectivity index is 1.99. The van der Waals surface area contributed by atoms with E-state index in [1.165, 1.54) is 0 Å². The summed E-state index contributed by atoms with van der Waals surface area (Å²) in [6.07, 6.45) is 3.36. The Labute approximate surface area is 114 Å². The zero-order valence-electron chi connectivity index (χ0n) is 9.75. The fraction of sp³-hybridized carbons (Fsp3) is 0. The van der Waals surface area contributed by atoms with Gasteiger partial charge in [0.05, 0.1) is 10.7 Å². The zero-order chi connectivity index (χ0) is 13.2. The lowest BCUT2D eigenvalue weighted by Gasteiger charge is -1.98. The molecule has 0 saturated carbocycles. The summed E-state index contributed by atoms with van der Waals surface area (Å²) in [5, 5.41) is 4.41. The molecule has 0 amide bonds. The number of nitrogens with two attached hydrogens (primary N) is 1. The minimum atomic E-state index is 0.391. The van der Waals surface area contributed by atoms with Crippen molar-refractivity contribution in [1.82, 2.24) is 15.1 Å². The highest BCUT2D eigenvalue weighted by molar-refractivity contribution is 6.33. The third kappa shape index (κ3) is 2.28. The number of nitrogens with zero attached hydrogens (tertiary/aromatic N) is 3. The van der Waals surface area contributed by atoms with E-state index in [0.29, 0.717) is 22.4 Å². The normalized spacial score (nSPS) is 10.6. The van der Waals surface area contributed by atoms with Crippen molar-refractivity contribution in [2.75, 3.05) is 5.73 Å². The second-order valence-electron chi connectivity index (χ2n) is 3.90. The quantitative estimate of drug-likeness (QED) is 0.726. The van der Waals surface area contributed by atoms with Crippen LogP contribution in [0.25, 0.3) is 22.8 Å². The molecule has 0 aliphatic carbocycles. The van der Waals surface area contributed by atoms with E-state index in [1.807, 2.05) is 12.1 Å². The van der Waals surface area contributed by atoms with Crippen LogP contribution in [0.15, 0.2) is 47.2 Å². The maximum atomic E-state index is 5.87. The van der Waals surface area contributed by atoms with Gasteiger partial charge in [0.15, 0.2) is 0 Å². The molecule has 2 heterocycles. The molecule has 6 heteroatoms. The molecule has 94 valence electrons. The summed E-state index contributed by atoms with van der Waals surface area (Å²) in [6, 6.07) is 8.84. The summed E-state index contributed by atoms with van der Waals surface area (Å²) in [5.74, 6) is 0.874. The summed E-state index contributed by atoms with van der Waals surface area (Å²) >= 11 is 5.87. The lowest BCUT2D eigenvalue weighted by atomic mass is 10.2. The first-order valence-electron chi connectivity index (χ1n) is 5.53. The largest absolute Gasteiger partial charge is 0.398 e. The summed E-state index contributed by atoms with van der Waals surface area (Å²) in [4.78, 5) is 8.31. The van der Waals surface area contributed by atoms with Gasteiger partial charge in [-0.3, -0.25) is 4.98 Å². The monoisotopic (exact) mass is 272 g/mol. The summed E-state index contributed by atoms with van der Waals surface area (Å²) in [7, 11) is 0. The van der Waals surface area contributed by atoms with E-state index in [4.69, 9.17) is 21.9 Å². The number of hydrogen-bond acceptors (Lipinski definition) is 5. The predicted octanol–water partition coefficient (Wildman–Crippen LogP) is 3.03. The molecule has 0 radical (unpaired) electrons. The van der Waals surface area contributed by atoms with Gasteiger partial charge in [-0.1, -0.05) is 16.8 Å². The van der Waals surface area contributed by atoms with Gasteiger partial charge in [-0.25, -0.2) is 0 Å². The molecule has 0 bridgehead atoms. The molecule has 0 unspecified atom stereocenters. The van der Waals surface area contributed by atoms with Crippen molar-refractivity contribution in [1.29, 1.82) is 0 Å². The zero-order valence-corrected chi connectivity index (χ0v) is 10.5. The molecule has 3 aromatic rings. The fourth-order valence-corrected chi connectivity index (χ4v) is 1.75. The summed E-state index contributed by atoms with van der Waals surface area (Å²) < 4.78 is 5.21. The topological polar surface area (TPSA) is 77.8 Å². The van der Waals surface area contributed by atoms with E-state index < -0.39 is 0 Å². The van der Waals surface area contributed by atoms with Crippen LogP contribution in [-0.4, -0.2) is 15.1 Å². The van der Waals surface area contributed by atoms with Crippen molar-refractivity contribution in [3.05, 3.63) is 47.7 Å². The van der Waals surface area contributed by atoms with Crippen LogP contribution in [0.4, 0.5) is 5.69 Å². The van der Waals surface area contributed by atoms with Crippen molar-refractivity contribution >= 4 is 17.3 Å². The van der Waals surface area contributed by atoms with E-state index >= 15 is 0 Å². The second kappa shape index (κ2) is 4.70. The maximum Gasteiger partial charge on any atom is 0.258 e. The molecular weight excluding hydrogens is 264 g/mol. The standard InChI is InChI=1S/C13H9ClN4O/c14-10-4-3-8(6-11(10)15)13-17-12(18-19-13)9-2-1-5-16-7-9/h1-7H,15H2. The smallest absolute Gasteiger partial charge is 0.258 e. The number of nitrogen functional groups attached to an aromatic ring is 1. The third-order valence-corrected chi connectivity index (χ3v) is 2.93. The van der Waals surface area contributed by atoms with E-state index in [9.17, 15) is 0 Å². The highest BCUT2D eigenvalue weighted by Crippen LogP contribution is 2.27. The van der Waals surface area contributed by atoms with Crippen LogP contribution in [-0.2, 0) is 0 Å². The number of hydrogen-bond donors (Lipinski definition) is 1. The Morgan fingerprint density at radius 2 is 2.05 bits per heavy atom. The molecular formula is C13H9ClN4O. The lowest BCUT2D eigenvalue weighted by molar-refractivity contribution is 0.432. The number of halogens is 1. The Kier molecular flexibility index (Phi) is 2.89. The third-order valence-electron chi connectivity index (χ3n) is 2.59. The van der Waals surface area contributed by atoms with Crippen LogP contribution in [0, 0.1) is 0 Å². The van der Waals surface area contributed by atoms with Gasteiger partial charge in [0.25, 0.3) is 5.89 Å². The second-order valence-corrected chi connectivity index (χ2v) is 4.31. The Morgan fingerprint density at radius 3 is 2.79 bits per heavy atom. The molecule has 0 spiro atoms. The maximum absolute atomic E-state index is 5.87. The number of aromatic nitrogens is 3. The van der Waals surface area contributed by atoms with Crippen molar-refractivity contribution in [3.63, 3.8) is 0 Å². The van der Waals surface area contributed by atoms with Gasteiger partial charge in [0.1, 0.15) is 0 Å². The van der Waals surface area contributed by atoms with Crippen molar-refractivity contribution in [3.8, 4) is 22.8 Å². The lowest BCUT2D eigenvalue weighted by Crippen LogP contribution is -1.87. The van der Waals surface area contributed by atoms with Crippen LogP contribution in [0.2, 0.25) is 5.02 Å². The number of pyridine rings is 1. The van der Waals surface area contributed by atoms with E-state index in [2.05, 4.69) is 15.1 Å². The number of benzene rings is 1. The molecule has 0 aliphatic rings. The van der Waals surface area contributed by atoms with Gasteiger partial charge in [-0.15, -0.1) is 0 Å². The first-order chi connectivity index (χ1) is 9.24. The number of rotatable bonds is 2. The highest BCUT2D eigenvalue weighted by atomic mass is 35.5. The van der Waals surface area contributed by atoms with Crippen LogP contribution in [0.1, 0.15) is 0 Å². The first kappa shape index (κ1) is 11.7. The van der Waals surface area contributed by atoms with Gasteiger partial charge in [0.2, 0.25) is 5.82 Å². The number of anilines is 1. The van der Waals surface area contributed by atoms with Crippen molar-refractivity contribution < 1.29 is 4.52 Å². The predicted molar refractivity (Wildman–Crippen MR) is 72.4 cm³/mol. The van der Waals surface area contributed by atoms with Crippen LogP contribution in [0.5, 0.6) is 0 Å². The molecule has 0 atom stereocenters. The van der Waals surface area contributed by atoms with Gasteiger partial charge in [-0.05, 0) is 30.3 Å². The first-order valence-corrected chi connectivity index (χ1v) is 5.91. The molecule has 2 N–H and O–H groups in total. The van der Waals surface area contributed by atoms with Crippen molar-refractivity contribution in [2.24, 2.45) is 0 Å². The highest BCUT2D eigenvalue weighted by Gasteiger charge is 2.11. The minimum absolute atomic E-state index is 0.391. The van der Waals surface area contributed by atoms with Crippen LogP contribution in [0.3, 0.4) is 0 Å². The average Bonchev–Trinajstić information content (AvgIpc) is 2.93. The Morgan fingerprint density at radius 1 is 1.16 bits per heavy atom. The molecule has 0 aliphatic heterocycles. The van der Waals surface area contributed by atoms with Gasteiger partial charge >= 0.3 is 0 Å². The Hall–Kier alpha value is -2.40.